The van der Waals surface area contributed by atoms with Crippen LogP contribution in [0.2, 0.25) is 0 Å². The lowest BCUT2D eigenvalue weighted by Crippen LogP contribution is -2.06. The molecule has 1 heterocycles. The minimum Gasteiger partial charge on any atom is -0.478 e. The van der Waals surface area contributed by atoms with Crippen LogP contribution < -0.4 is 4.74 Å². The van der Waals surface area contributed by atoms with E-state index in [1.54, 1.807) is 22.9 Å². The Kier molecular flexibility index (Phi) is 5.02. The highest BCUT2D eigenvalue weighted by Gasteiger charge is 2.15. The van der Waals surface area contributed by atoms with Crippen LogP contribution in [0.3, 0.4) is 0 Å². The number of carboxylic acids is 1. The van der Waals surface area contributed by atoms with Gasteiger partial charge in [-0.05, 0) is 17.7 Å². The first kappa shape index (κ1) is 17.3. The van der Waals surface area contributed by atoms with Gasteiger partial charge in [0.1, 0.15) is 17.4 Å². The van der Waals surface area contributed by atoms with Crippen molar-refractivity contribution < 1.29 is 19.4 Å². The predicted molar refractivity (Wildman–Crippen MR) is 95.4 cm³/mol. The molecule has 0 atom stereocenters. The largest absolute Gasteiger partial charge is 0.478 e. The molecule has 0 aliphatic heterocycles. The number of hydrogen-bond donors (Lipinski definition) is 1. The average molecular weight is 348 g/mol. The fourth-order valence-corrected chi connectivity index (χ4v) is 2.63. The van der Waals surface area contributed by atoms with Crippen LogP contribution in [0.1, 0.15) is 15.9 Å². The second-order valence-corrected chi connectivity index (χ2v) is 5.51. The van der Waals surface area contributed by atoms with Crippen LogP contribution in [-0.2, 0) is 4.74 Å². The summed E-state index contributed by atoms with van der Waals surface area (Å²) in [6.07, 6.45) is 3.54. The third-order valence-electron chi connectivity index (χ3n) is 3.86. The van der Waals surface area contributed by atoms with Gasteiger partial charge in [0.2, 0.25) is 0 Å². The summed E-state index contributed by atoms with van der Waals surface area (Å²) in [5, 5.41) is 18.7. The predicted octanol–water partition coefficient (Wildman–Crippen LogP) is 3.70. The first-order valence-electron chi connectivity index (χ1n) is 7.81. The number of carbonyl (C=O) groups is 1. The Balaban J connectivity index is 2.05. The smallest absolute Gasteiger partial charge is 0.339 e. The number of ether oxygens (including phenoxy) is 2. The molecule has 0 amide bonds. The van der Waals surface area contributed by atoms with Crippen LogP contribution in [0.25, 0.3) is 16.8 Å². The van der Waals surface area contributed by atoms with Crippen molar-refractivity contribution in [3.05, 3.63) is 72.1 Å². The molecule has 3 aromatic rings. The highest BCUT2D eigenvalue weighted by Crippen LogP contribution is 2.28. The molecule has 0 spiro atoms. The minimum atomic E-state index is -1.09. The Morgan fingerprint density at radius 1 is 1.19 bits per heavy atom. The van der Waals surface area contributed by atoms with Gasteiger partial charge in [-0.2, -0.15) is 5.26 Å². The topological polar surface area (TPSA) is 84.5 Å². The van der Waals surface area contributed by atoms with Crippen LogP contribution in [0, 0.1) is 11.3 Å². The average Bonchev–Trinajstić information content (AvgIpc) is 3.11. The van der Waals surface area contributed by atoms with E-state index < -0.39 is 5.97 Å². The van der Waals surface area contributed by atoms with Gasteiger partial charge in [-0.15, -0.1) is 0 Å². The van der Waals surface area contributed by atoms with Gasteiger partial charge >= 0.3 is 5.97 Å². The zero-order valence-electron chi connectivity index (χ0n) is 14.0. The highest BCUT2D eigenvalue weighted by atomic mass is 16.7. The molecule has 0 saturated heterocycles. The van der Waals surface area contributed by atoms with E-state index in [4.69, 9.17) is 9.47 Å². The first-order valence-corrected chi connectivity index (χ1v) is 7.81. The molecule has 6 nitrogen and oxygen atoms in total. The maximum atomic E-state index is 11.4. The summed E-state index contributed by atoms with van der Waals surface area (Å²) in [5.74, 6) is -0.886. The number of rotatable bonds is 6. The van der Waals surface area contributed by atoms with Gasteiger partial charge in [-0.25, -0.2) is 4.79 Å². The number of methoxy groups -OCH3 is 1. The van der Waals surface area contributed by atoms with E-state index in [1.807, 2.05) is 36.5 Å². The number of hydrogen-bond acceptors (Lipinski definition) is 4. The van der Waals surface area contributed by atoms with Gasteiger partial charge in [0.15, 0.2) is 6.79 Å². The van der Waals surface area contributed by atoms with E-state index in [9.17, 15) is 15.2 Å². The standard InChI is InChI=1S/C20H16N2O4/c1-25-13-26-19-9-16(7-8-17(19)20(23)24)22-11-15(10-21)18(12-22)14-5-3-2-4-6-14/h2-9,11-12H,13H2,1H3,(H,23,24). The molecular weight excluding hydrogens is 332 g/mol. The van der Waals surface area contributed by atoms with Crippen molar-refractivity contribution in [1.82, 2.24) is 4.57 Å². The lowest BCUT2D eigenvalue weighted by atomic mass is 10.1. The molecule has 6 heteroatoms. The summed E-state index contributed by atoms with van der Waals surface area (Å²) in [7, 11) is 1.46. The summed E-state index contributed by atoms with van der Waals surface area (Å²) >= 11 is 0. The fourth-order valence-electron chi connectivity index (χ4n) is 2.63. The molecule has 0 radical (unpaired) electrons. The van der Waals surface area contributed by atoms with E-state index in [0.29, 0.717) is 11.3 Å². The molecule has 0 saturated carbocycles. The van der Waals surface area contributed by atoms with E-state index in [-0.39, 0.29) is 18.1 Å². The Hall–Kier alpha value is -3.56. The number of aromatic nitrogens is 1. The molecule has 0 bridgehead atoms. The van der Waals surface area contributed by atoms with Gasteiger partial charge in [-0.3, -0.25) is 0 Å². The summed E-state index contributed by atoms with van der Waals surface area (Å²) in [6.45, 7) is -0.0614. The maximum absolute atomic E-state index is 11.4. The van der Waals surface area contributed by atoms with Crippen molar-refractivity contribution in [2.75, 3.05) is 13.9 Å². The summed E-state index contributed by atoms with van der Waals surface area (Å²) in [4.78, 5) is 11.4. The molecule has 0 unspecified atom stereocenters. The Morgan fingerprint density at radius 2 is 1.96 bits per heavy atom. The zero-order chi connectivity index (χ0) is 18.5. The van der Waals surface area contributed by atoms with Crippen LogP contribution in [0.4, 0.5) is 0 Å². The summed E-state index contributed by atoms with van der Waals surface area (Å²) in [6, 6.07) is 16.5. The molecule has 1 aromatic heterocycles. The van der Waals surface area contributed by atoms with Crippen LogP contribution in [0.5, 0.6) is 5.75 Å². The molecule has 26 heavy (non-hydrogen) atoms. The van der Waals surface area contributed by atoms with Gasteiger partial charge in [0.05, 0.1) is 5.56 Å². The zero-order valence-corrected chi connectivity index (χ0v) is 14.0. The van der Waals surface area contributed by atoms with Gasteiger partial charge in [0.25, 0.3) is 0 Å². The lowest BCUT2D eigenvalue weighted by molar-refractivity contribution is 0.0483. The highest BCUT2D eigenvalue weighted by molar-refractivity contribution is 5.91. The van der Waals surface area contributed by atoms with E-state index in [0.717, 1.165) is 11.1 Å². The summed E-state index contributed by atoms with van der Waals surface area (Å²) in [5.41, 5.74) is 2.98. The summed E-state index contributed by atoms with van der Waals surface area (Å²) < 4.78 is 12.0. The Bertz CT molecular complexity index is 971. The van der Waals surface area contributed by atoms with Crippen molar-refractivity contribution >= 4 is 5.97 Å². The van der Waals surface area contributed by atoms with Crippen molar-refractivity contribution in [2.45, 2.75) is 0 Å². The molecule has 3 rings (SSSR count). The molecule has 0 aliphatic rings. The molecule has 2 aromatic carbocycles. The van der Waals surface area contributed by atoms with Crippen LogP contribution in [0.15, 0.2) is 60.9 Å². The lowest BCUT2D eigenvalue weighted by Gasteiger charge is -2.11. The van der Waals surface area contributed by atoms with Gasteiger partial charge < -0.3 is 19.1 Å². The van der Waals surface area contributed by atoms with Crippen molar-refractivity contribution in [2.24, 2.45) is 0 Å². The van der Waals surface area contributed by atoms with Crippen molar-refractivity contribution in [1.29, 1.82) is 5.26 Å². The molecule has 0 fully saturated rings. The maximum Gasteiger partial charge on any atom is 0.339 e. The monoisotopic (exact) mass is 348 g/mol. The number of aromatic carboxylic acids is 1. The van der Waals surface area contributed by atoms with Crippen LogP contribution in [-0.4, -0.2) is 29.5 Å². The molecule has 130 valence electrons. The second kappa shape index (κ2) is 7.55. The number of carboxylic acid groups (broad SMARTS) is 1. The van der Waals surface area contributed by atoms with Crippen LogP contribution >= 0.6 is 0 Å². The van der Waals surface area contributed by atoms with E-state index >= 15 is 0 Å². The number of nitriles is 1. The fraction of sp³-hybridized carbons (Fsp3) is 0.100. The molecule has 0 aliphatic carbocycles. The SMILES string of the molecule is COCOc1cc(-n2cc(C#N)c(-c3ccccc3)c2)ccc1C(=O)O. The quantitative estimate of drug-likeness (QED) is 0.687. The number of nitrogens with zero attached hydrogens (tertiary/aromatic N) is 2. The van der Waals surface area contributed by atoms with Crippen molar-refractivity contribution in [3.8, 4) is 28.6 Å². The normalized spacial score (nSPS) is 10.3. The van der Waals surface area contributed by atoms with Gasteiger partial charge in [-0.1, -0.05) is 30.3 Å². The van der Waals surface area contributed by atoms with Gasteiger partial charge in [0, 0.05) is 36.8 Å². The second-order valence-electron chi connectivity index (χ2n) is 5.51. The first-order chi connectivity index (χ1) is 12.6. The third kappa shape index (κ3) is 3.43. The van der Waals surface area contributed by atoms with E-state index in [1.165, 1.54) is 13.2 Å². The van der Waals surface area contributed by atoms with Crippen molar-refractivity contribution in [3.63, 3.8) is 0 Å². The Labute approximate surface area is 150 Å². The third-order valence-corrected chi connectivity index (χ3v) is 3.86. The number of benzene rings is 2. The molecular formula is C20H16N2O4. The molecule has 1 N–H and O–H groups in total. The minimum absolute atomic E-state index is 0.0433. The van der Waals surface area contributed by atoms with E-state index in [2.05, 4.69) is 6.07 Å². The Morgan fingerprint density at radius 3 is 2.62 bits per heavy atom.